The predicted molar refractivity (Wildman–Crippen MR) is 83.6 cm³/mol. The molecule has 2 aromatic rings. The second kappa shape index (κ2) is 5.87. The largest absolute Gasteiger partial charge is 0.398 e. The highest BCUT2D eigenvalue weighted by atomic mass is 16.2. The minimum absolute atomic E-state index is 0.0345. The Morgan fingerprint density at radius 1 is 1.14 bits per heavy atom. The second-order valence-corrected chi connectivity index (χ2v) is 5.30. The van der Waals surface area contributed by atoms with Crippen LogP contribution in [-0.4, -0.2) is 17.5 Å². The summed E-state index contributed by atoms with van der Waals surface area (Å²) in [6.45, 7) is 1.87. The Kier molecular flexibility index (Phi) is 3.77. The molecule has 3 rings (SSSR count). The van der Waals surface area contributed by atoms with E-state index in [4.69, 9.17) is 5.73 Å². The van der Waals surface area contributed by atoms with Crippen molar-refractivity contribution in [3.63, 3.8) is 0 Å². The number of hydrogen-bond donors (Lipinski definition) is 2. The minimum Gasteiger partial charge on any atom is -0.398 e. The lowest BCUT2D eigenvalue weighted by atomic mass is 9.98. The quantitative estimate of drug-likeness (QED) is 0.831. The van der Waals surface area contributed by atoms with Crippen LogP contribution in [0.5, 0.6) is 0 Å². The van der Waals surface area contributed by atoms with Crippen LogP contribution in [-0.2, 0) is 19.5 Å². The van der Waals surface area contributed by atoms with E-state index in [0.717, 1.165) is 29.8 Å². The standard InChI is InChI=1S/C17H19N3O/c18-16-8-4-7-14-9-10-20(12-15(14)16)17(21)19-11-13-5-2-1-3-6-13/h1-8H,9-12,18H2,(H,19,21). The van der Waals surface area contributed by atoms with Gasteiger partial charge in [-0.1, -0.05) is 42.5 Å². The number of fused-ring (bicyclic) bond motifs is 1. The average Bonchev–Trinajstić information content (AvgIpc) is 2.54. The highest BCUT2D eigenvalue weighted by molar-refractivity contribution is 5.75. The van der Waals surface area contributed by atoms with Crippen LogP contribution in [0.15, 0.2) is 48.5 Å². The second-order valence-electron chi connectivity index (χ2n) is 5.30. The molecule has 1 aliphatic heterocycles. The molecule has 0 aliphatic carbocycles. The van der Waals surface area contributed by atoms with Crippen LogP contribution in [0.25, 0.3) is 0 Å². The van der Waals surface area contributed by atoms with Crippen LogP contribution in [0.2, 0.25) is 0 Å². The monoisotopic (exact) mass is 281 g/mol. The molecule has 0 radical (unpaired) electrons. The van der Waals surface area contributed by atoms with E-state index >= 15 is 0 Å². The molecule has 0 aromatic heterocycles. The van der Waals surface area contributed by atoms with Crippen molar-refractivity contribution in [2.75, 3.05) is 12.3 Å². The number of amides is 2. The van der Waals surface area contributed by atoms with Crippen molar-refractivity contribution in [3.05, 3.63) is 65.2 Å². The van der Waals surface area contributed by atoms with E-state index in [0.29, 0.717) is 13.1 Å². The number of nitrogen functional groups attached to an aromatic ring is 1. The molecule has 0 bridgehead atoms. The van der Waals surface area contributed by atoms with E-state index in [1.54, 1.807) is 0 Å². The molecule has 0 saturated carbocycles. The fourth-order valence-electron chi connectivity index (χ4n) is 2.67. The summed E-state index contributed by atoms with van der Waals surface area (Å²) in [5, 5.41) is 2.97. The van der Waals surface area contributed by atoms with Crippen molar-refractivity contribution in [1.29, 1.82) is 0 Å². The van der Waals surface area contributed by atoms with E-state index in [1.165, 1.54) is 5.56 Å². The van der Waals surface area contributed by atoms with Crippen molar-refractivity contribution in [2.45, 2.75) is 19.5 Å². The number of urea groups is 1. The molecule has 0 saturated heterocycles. The summed E-state index contributed by atoms with van der Waals surface area (Å²) < 4.78 is 0. The van der Waals surface area contributed by atoms with Crippen LogP contribution in [0.3, 0.4) is 0 Å². The van der Waals surface area contributed by atoms with Gasteiger partial charge < -0.3 is 16.0 Å². The molecule has 0 unspecified atom stereocenters. The third-order valence-electron chi connectivity index (χ3n) is 3.88. The summed E-state index contributed by atoms with van der Waals surface area (Å²) in [7, 11) is 0. The van der Waals surface area contributed by atoms with E-state index < -0.39 is 0 Å². The first-order valence-electron chi connectivity index (χ1n) is 7.17. The summed E-state index contributed by atoms with van der Waals surface area (Å²) >= 11 is 0. The molecular weight excluding hydrogens is 262 g/mol. The number of hydrogen-bond acceptors (Lipinski definition) is 2. The first-order chi connectivity index (χ1) is 10.2. The van der Waals surface area contributed by atoms with E-state index in [1.807, 2.05) is 47.4 Å². The first kappa shape index (κ1) is 13.5. The van der Waals surface area contributed by atoms with E-state index in [9.17, 15) is 4.79 Å². The summed E-state index contributed by atoms with van der Waals surface area (Å²) in [4.78, 5) is 14.1. The highest BCUT2D eigenvalue weighted by Crippen LogP contribution is 2.24. The van der Waals surface area contributed by atoms with Gasteiger partial charge in [0.15, 0.2) is 0 Å². The van der Waals surface area contributed by atoms with Gasteiger partial charge in [0.1, 0.15) is 0 Å². The molecule has 1 aliphatic rings. The predicted octanol–water partition coefficient (Wildman–Crippen LogP) is 2.54. The number of rotatable bonds is 2. The number of carbonyl (C=O) groups excluding carboxylic acids is 1. The fourth-order valence-corrected chi connectivity index (χ4v) is 2.67. The van der Waals surface area contributed by atoms with Gasteiger partial charge in [-0.25, -0.2) is 4.79 Å². The van der Waals surface area contributed by atoms with Crippen molar-refractivity contribution < 1.29 is 4.79 Å². The zero-order chi connectivity index (χ0) is 14.7. The lowest BCUT2D eigenvalue weighted by molar-refractivity contribution is 0.192. The van der Waals surface area contributed by atoms with E-state index in [-0.39, 0.29) is 6.03 Å². The number of nitrogens with one attached hydrogen (secondary N) is 1. The Morgan fingerprint density at radius 2 is 1.95 bits per heavy atom. The Bertz CT molecular complexity index is 640. The number of nitrogens with two attached hydrogens (primary N) is 1. The molecular formula is C17H19N3O. The topological polar surface area (TPSA) is 58.4 Å². The van der Waals surface area contributed by atoms with Gasteiger partial charge in [0.2, 0.25) is 0 Å². The number of carbonyl (C=O) groups is 1. The number of nitrogens with zero attached hydrogens (tertiary/aromatic N) is 1. The van der Waals surface area contributed by atoms with Gasteiger partial charge in [-0.2, -0.15) is 0 Å². The van der Waals surface area contributed by atoms with Gasteiger partial charge >= 0.3 is 6.03 Å². The fraction of sp³-hybridized carbons (Fsp3) is 0.235. The summed E-state index contributed by atoms with van der Waals surface area (Å²) in [5.74, 6) is 0. The van der Waals surface area contributed by atoms with Gasteiger partial charge in [0, 0.05) is 25.3 Å². The van der Waals surface area contributed by atoms with Gasteiger partial charge in [-0.3, -0.25) is 0 Å². The molecule has 108 valence electrons. The zero-order valence-electron chi connectivity index (χ0n) is 11.9. The van der Waals surface area contributed by atoms with Crippen molar-refractivity contribution in [3.8, 4) is 0 Å². The molecule has 4 heteroatoms. The molecule has 3 N–H and O–H groups in total. The van der Waals surface area contributed by atoms with E-state index in [2.05, 4.69) is 11.4 Å². The number of benzene rings is 2. The molecule has 21 heavy (non-hydrogen) atoms. The lowest BCUT2D eigenvalue weighted by Gasteiger charge is -2.29. The average molecular weight is 281 g/mol. The Labute approximate surface area is 124 Å². The third-order valence-corrected chi connectivity index (χ3v) is 3.88. The maximum atomic E-state index is 12.3. The Hall–Kier alpha value is -2.49. The maximum absolute atomic E-state index is 12.3. The van der Waals surface area contributed by atoms with Gasteiger partial charge in [-0.05, 0) is 29.2 Å². The smallest absolute Gasteiger partial charge is 0.317 e. The van der Waals surface area contributed by atoms with Gasteiger partial charge in [-0.15, -0.1) is 0 Å². The molecule has 0 atom stereocenters. The van der Waals surface area contributed by atoms with Crippen LogP contribution in [0.4, 0.5) is 10.5 Å². The first-order valence-corrected chi connectivity index (χ1v) is 7.17. The van der Waals surface area contributed by atoms with Gasteiger partial charge in [0.25, 0.3) is 0 Å². The van der Waals surface area contributed by atoms with Crippen LogP contribution >= 0.6 is 0 Å². The van der Waals surface area contributed by atoms with Crippen LogP contribution in [0.1, 0.15) is 16.7 Å². The third kappa shape index (κ3) is 2.99. The zero-order valence-corrected chi connectivity index (χ0v) is 11.9. The molecule has 2 amide bonds. The Balaban J connectivity index is 1.63. The summed E-state index contributed by atoms with van der Waals surface area (Å²) in [5.41, 5.74) is 10.2. The Morgan fingerprint density at radius 3 is 2.76 bits per heavy atom. The van der Waals surface area contributed by atoms with Crippen molar-refractivity contribution >= 4 is 11.7 Å². The minimum atomic E-state index is -0.0345. The molecule has 2 aromatic carbocycles. The molecule has 1 heterocycles. The van der Waals surface area contributed by atoms with Gasteiger partial charge in [0.05, 0.1) is 0 Å². The van der Waals surface area contributed by atoms with Crippen molar-refractivity contribution in [1.82, 2.24) is 10.2 Å². The normalized spacial score (nSPS) is 13.6. The van der Waals surface area contributed by atoms with Crippen LogP contribution < -0.4 is 11.1 Å². The molecule has 0 spiro atoms. The van der Waals surface area contributed by atoms with Crippen molar-refractivity contribution in [2.24, 2.45) is 0 Å². The number of anilines is 1. The molecule has 0 fully saturated rings. The maximum Gasteiger partial charge on any atom is 0.317 e. The highest BCUT2D eigenvalue weighted by Gasteiger charge is 2.21. The van der Waals surface area contributed by atoms with Crippen LogP contribution in [0, 0.1) is 0 Å². The lowest BCUT2D eigenvalue weighted by Crippen LogP contribution is -2.42. The molecule has 4 nitrogen and oxygen atoms in total. The summed E-state index contributed by atoms with van der Waals surface area (Å²) in [6, 6.07) is 15.8. The SMILES string of the molecule is Nc1cccc2c1CN(C(=O)NCc1ccccc1)CC2. The summed E-state index contributed by atoms with van der Waals surface area (Å²) in [6.07, 6.45) is 0.860.